The Hall–Kier alpha value is -4.24. The zero-order valence-corrected chi connectivity index (χ0v) is 19.1. The SMILES string of the molecule is CC(=N)c1nc(-c2cc(OCC(N)Cc3ccccc3)c(N)nc2-c2ccoc2C)cnc1N. The van der Waals surface area contributed by atoms with Crippen LogP contribution in [0.3, 0.4) is 0 Å². The number of nitrogen functional groups attached to an aromatic ring is 2. The van der Waals surface area contributed by atoms with E-state index in [1.807, 2.05) is 43.3 Å². The van der Waals surface area contributed by atoms with Gasteiger partial charge in [-0.15, -0.1) is 0 Å². The fourth-order valence-electron chi connectivity index (χ4n) is 3.63. The molecule has 9 heteroatoms. The van der Waals surface area contributed by atoms with Crippen LogP contribution in [0, 0.1) is 12.3 Å². The summed E-state index contributed by atoms with van der Waals surface area (Å²) in [5, 5.41) is 7.97. The summed E-state index contributed by atoms with van der Waals surface area (Å²) in [6, 6.07) is 13.3. The monoisotopic (exact) mass is 457 g/mol. The minimum Gasteiger partial charge on any atom is -0.488 e. The zero-order chi connectivity index (χ0) is 24.2. The average molecular weight is 458 g/mol. The van der Waals surface area contributed by atoms with E-state index in [4.69, 9.17) is 31.8 Å². The third kappa shape index (κ3) is 4.89. The van der Waals surface area contributed by atoms with Gasteiger partial charge in [-0.05, 0) is 38.0 Å². The molecular formula is C25H27N7O2. The summed E-state index contributed by atoms with van der Waals surface area (Å²) in [7, 11) is 0. The molecule has 3 aromatic heterocycles. The van der Waals surface area contributed by atoms with Crippen molar-refractivity contribution in [2.45, 2.75) is 26.3 Å². The fraction of sp³-hybridized carbons (Fsp3) is 0.200. The van der Waals surface area contributed by atoms with Crippen LogP contribution in [0.4, 0.5) is 11.6 Å². The fourth-order valence-corrected chi connectivity index (χ4v) is 3.63. The lowest BCUT2D eigenvalue weighted by Crippen LogP contribution is -2.30. The van der Waals surface area contributed by atoms with Crippen molar-refractivity contribution in [1.29, 1.82) is 5.41 Å². The Kier molecular flexibility index (Phi) is 6.55. The standard InChI is InChI=1S/C25H27N7O2/c1-14(26)22-25(29)30-12-20(31-22)19-11-21(24(28)32-23(19)18-8-9-33-15(18)2)34-13-17(27)10-16-6-4-3-5-7-16/h3-9,11-12,17,26H,10,13,27H2,1-2H3,(H2,28,32)(H2,29,30). The van der Waals surface area contributed by atoms with E-state index >= 15 is 0 Å². The van der Waals surface area contributed by atoms with Gasteiger partial charge in [0.2, 0.25) is 0 Å². The van der Waals surface area contributed by atoms with Crippen LogP contribution >= 0.6 is 0 Å². The van der Waals surface area contributed by atoms with Gasteiger partial charge in [-0.25, -0.2) is 15.0 Å². The molecule has 7 N–H and O–H groups in total. The highest BCUT2D eigenvalue weighted by Crippen LogP contribution is 2.37. The minimum absolute atomic E-state index is 0.184. The molecular weight excluding hydrogens is 430 g/mol. The van der Waals surface area contributed by atoms with E-state index < -0.39 is 0 Å². The van der Waals surface area contributed by atoms with E-state index in [9.17, 15) is 0 Å². The third-order valence-electron chi connectivity index (χ3n) is 5.35. The molecule has 0 aliphatic rings. The normalized spacial score (nSPS) is 11.9. The topological polar surface area (TPSA) is 163 Å². The zero-order valence-electron chi connectivity index (χ0n) is 19.1. The van der Waals surface area contributed by atoms with Crippen LogP contribution in [0.1, 0.15) is 23.9 Å². The molecule has 0 bridgehead atoms. The third-order valence-corrected chi connectivity index (χ3v) is 5.35. The highest BCUT2D eigenvalue weighted by molar-refractivity contribution is 5.99. The molecule has 0 spiro atoms. The first kappa shape index (κ1) is 22.9. The number of hydrogen-bond donors (Lipinski definition) is 4. The molecule has 174 valence electrons. The molecule has 1 atom stereocenters. The molecule has 0 amide bonds. The summed E-state index contributed by atoms with van der Waals surface area (Å²) < 4.78 is 11.5. The number of rotatable bonds is 8. The number of aromatic nitrogens is 3. The van der Waals surface area contributed by atoms with Crippen LogP contribution in [-0.4, -0.2) is 33.3 Å². The van der Waals surface area contributed by atoms with E-state index in [0.29, 0.717) is 40.6 Å². The maximum Gasteiger partial charge on any atom is 0.166 e. The van der Waals surface area contributed by atoms with E-state index in [0.717, 1.165) is 11.1 Å². The summed E-state index contributed by atoms with van der Waals surface area (Å²) in [6.07, 6.45) is 3.79. The summed E-state index contributed by atoms with van der Waals surface area (Å²) in [4.78, 5) is 13.4. The van der Waals surface area contributed by atoms with Crippen molar-refractivity contribution in [3.63, 3.8) is 0 Å². The number of anilines is 2. The summed E-state index contributed by atoms with van der Waals surface area (Å²) >= 11 is 0. The lowest BCUT2D eigenvalue weighted by molar-refractivity contribution is 0.288. The Morgan fingerprint density at radius 1 is 1.09 bits per heavy atom. The average Bonchev–Trinajstić information content (AvgIpc) is 3.24. The van der Waals surface area contributed by atoms with Crippen LogP contribution in [-0.2, 0) is 6.42 Å². The number of furan rings is 1. The largest absolute Gasteiger partial charge is 0.488 e. The van der Waals surface area contributed by atoms with Crippen molar-refractivity contribution in [3.8, 4) is 28.3 Å². The molecule has 0 fully saturated rings. The van der Waals surface area contributed by atoms with E-state index in [2.05, 4.69) is 15.0 Å². The number of pyridine rings is 1. The lowest BCUT2D eigenvalue weighted by Gasteiger charge is -2.17. The molecule has 4 rings (SSSR count). The number of nitrogens with zero attached hydrogens (tertiary/aromatic N) is 3. The van der Waals surface area contributed by atoms with Gasteiger partial charge < -0.3 is 31.8 Å². The molecule has 0 radical (unpaired) electrons. The van der Waals surface area contributed by atoms with Crippen LogP contribution < -0.4 is 21.9 Å². The first-order valence-corrected chi connectivity index (χ1v) is 10.8. The molecule has 1 unspecified atom stereocenters. The van der Waals surface area contributed by atoms with Crippen LogP contribution in [0.15, 0.2) is 59.3 Å². The van der Waals surface area contributed by atoms with E-state index in [1.165, 1.54) is 0 Å². The van der Waals surface area contributed by atoms with Crippen molar-refractivity contribution in [3.05, 3.63) is 71.9 Å². The van der Waals surface area contributed by atoms with Gasteiger partial charge in [0.1, 0.15) is 18.1 Å². The van der Waals surface area contributed by atoms with Gasteiger partial charge in [-0.2, -0.15) is 0 Å². The molecule has 0 aliphatic carbocycles. The van der Waals surface area contributed by atoms with Gasteiger partial charge in [-0.1, -0.05) is 30.3 Å². The molecule has 4 aromatic rings. The predicted molar refractivity (Wildman–Crippen MR) is 133 cm³/mol. The lowest BCUT2D eigenvalue weighted by atomic mass is 10.0. The van der Waals surface area contributed by atoms with E-state index in [-0.39, 0.29) is 30.0 Å². The minimum atomic E-state index is -0.232. The first-order chi connectivity index (χ1) is 16.3. The number of ether oxygens (including phenoxy) is 1. The van der Waals surface area contributed by atoms with Crippen molar-refractivity contribution in [2.24, 2.45) is 5.73 Å². The maximum absolute atomic E-state index is 7.97. The Balaban J connectivity index is 1.70. The smallest absolute Gasteiger partial charge is 0.166 e. The Morgan fingerprint density at radius 2 is 1.85 bits per heavy atom. The van der Waals surface area contributed by atoms with E-state index in [1.54, 1.807) is 25.5 Å². The number of aryl methyl sites for hydroxylation is 1. The van der Waals surface area contributed by atoms with Gasteiger partial charge in [0.15, 0.2) is 17.4 Å². The van der Waals surface area contributed by atoms with Crippen LogP contribution in [0.2, 0.25) is 0 Å². The number of nitrogens with one attached hydrogen (secondary N) is 1. The number of benzene rings is 1. The summed E-state index contributed by atoms with van der Waals surface area (Å²) in [5.41, 5.74) is 22.6. The quantitative estimate of drug-likeness (QED) is 0.292. The highest BCUT2D eigenvalue weighted by atomic mass is 16.5. The Labute approximate surface area is 197 Å². The molecule has 34 heavy (non-hydrogen) atoms. The second kappa shape index (κ2) is 9.72. The highest BCUT2D eigenvalue weighted by Gasteiger charge is 2.20. The van der Waals surface area contributed by atoms with Crippen molar-refractivity contribution < 1.29 is 9.15 Å². The first-order valence-electron chi connectivity index (χ1n) is 10.8. The number of hydrogen-bond acceptors (Lipinski definition) is 9. The Morgan fingerprint density at radius 3 is 2.53 bits per heavy atom. The van der Waals surface area contributed by atoms with Gasteiger partial charge >= 0.3 is 0 Å². The van der Waals surface area contributed by atoms with Crippen LogP contribution in [0.5, 0.6) is 5.75 Å². The molecule has 0 saturated heterocycles. The van der Waals surface area contributed by atoms with Crippen molar-refractivity contribution in [2.75, 3.05) is 18.1 Å². The molecule has 1 aromatic carbocycles. The predicted octanol–water partition coefficient (Wildman–Crippen LogP) is 3.61. The van der Waals surface area contributed by atoms with Gasteiger partial charge in [0.05, 0.1) is 29.6 Å². The number of nitrogens with two attached hydrogens (primary N) is 3. The molecule has 3 heterocycles. The van der Waals surface area contributed by atoms with Crippen molar-refractivity contribution in [1.82, 2.24) is 15.0 Å². The van der Waals surface area contributed by atoms with Crippen LogP contribution in [0.25, 0.3) is 22.5 Å². The molecule has 9 nitrogen and oxygen atoms in total. The van der Waals surface area contributed by atoms with Gasteiger partial charge in [0, 0.05) is 17.2 Å². The maximum atomic E-state index is 7.97. The molecule has 0 saturated carbocycles. The second-order valence-corrected chi connectivity index (χ2v) is 8.03. The van der Waals surface area contributed by atoms with Gasteiger partial charge in [0.25, 0.3) is 0 Å². The van der Waals surface area contributed by atoms with Crippen molar-refractivity contribution >= 4 is 17.3 Å². The second-order valence-electron chi connectivity index (χ2n) is 8.03. The molecule has 0 aliphatic heterocycles. The Bertz CT molecular complexity index is 1320. The summed E-state index contributed by atoms with van der Waals surface area (Å²) in [5.74, 6) is 1.47. The van der Waals surface area contributed by atoms with Gasteiger partial charge in [-0.3, -0.25) is 0 Å². The summed E-state index contributed by atoms with van der Waals surface area (Å²) in [6.45, 7) is 3.70.